The van der Waals surface area contributed by atoms with Crippen molar-refractivity contribution in [2.45, 2.75) is 40.0 Å². The molecular formula is C15H21FN2. The van der Waals surface area contributed by atoms with Gasteiger partial charge in [0.1, 0.15) is 5.82 Å². The third-order valence-corrected chi connectivity index (χ3v) is 3.02. The number of benzene rings is 1. The number of hydrogen-bond donors (Lipinski definition) is 1. The number of hydrogen-bond acceptors (Lipinski definition) is 2. The van der Waals surface area contributed by atoms with Gasteiger partial charge in [0.05, 0.1) is 11.5 Å². The molecule has 0 atom stereocenters. The van der Waals surface area contributed by atoms with Crippen LogP contribution in [-0.2, 0) is 0 Å². The van der Waals surface area contributed by atoms with Crippen molar-refractivity contribution >= 4 is 5.69 Å². The van der Waals surface area contributed by atoms with E-state index < -0.39 is 0 Å². The Bertz CT molecular complexity index is 433. The minimum absolute atomic E-state index is 0.170. The second-order valence-corrected chi connectivity index (χ2v) is 5.34. The molecule has 98 valence electrons. The quantitative estimate of drug-likeness (QED) is 0.763. The lowest BCUT2D eigenvalue weighted by molar-refractivity contribution is 0.430. The van der Waals surface area contributed by atoms with Crippen molar-refractivity contribution in [1.29, 1.82) is 5.26 Å². The summed E-state index contributed by atoms with van der Waals surface area (Å²) >= 11 is 0. The number of rotatable bonds is 6. The highest BCUT2D eigenvalue weighted by molar-refractivity contribution is 5.45. The lowest BCUT2D eigenvalue weighted by atomic mass is 9.89. The maximum atomic E-state index is 13.1. The van der Waals surface area contributed by atoms with Crippen molar-refractivity contribution in [2.75, 3.05) is 11.9 Å². The number of halogens is 1. The molecule has 2 nitrogen and oxygen atoms in total. The van der Waals surface area contributed by atoms with Gasteiger partial charge in [0.15, 0.2) is 0 Å². The van der Waals surface area contributed by atoms with E-state index in [2.05, 4.69) is 11.4 Å². The summed E-state index contributed by atoms with van der Waals surface area (Å²) in [5, 5.41) is 12.2. The molecule has 3 heteroatoms. The Labute approximate surface area is 109 Å². The van der Waals surface area contributed by atoms with Crippen molar-refractivity contribution in [3.05, 3.63) is 29.6 Å². The van der Waals surface area contributed by atoms with Gasteiger partial charge in [-0.05, 0) is 57.4 Å². The zero-order valence-electron chi connectivity index (χ0n) is 11.4. The Balaban J connectivity index is 2.26. The highest BCUT2D eigenvalue weighted by atomic mass is 19.1. The summed E-state index contributed by atoms with van der Waals surface area (Å²) in [6.07, 6.45) is 2.95. The molecule has 0 spiro atoms. The van der Waals surface area contributed by atoms with Gasteiger partial charge in [0.2, 0.25) is 0 Å². The van der Waals surface area contributed by atoms with Crippen molar-refractivity contribution in [2.24, 2.45) is 5.41 Å². The van der Waals surface area contributed by atoms with Crippen molar-refractivity contribution in [3.8, 4) is 6.07 Å². The fourth-order valence-electron chi connectivity index (χ4n) is 1.74. The summed E-state index contributed by atoms with van der Waals surface area (Å²) in [4.78, 5) is 0. The molecule has 0 radical (unpaired) electrons. The number of anilines is 1. The van der Waals surface area contributed by atoms with Gasteiger partial charge in [0, 0.05) is 12.2 Å². The van der Waals surface area contributed by atoms with Crippen LogP contribution in [0, 0.1) is 29.5 Å². The number of aryl methyl sites for hydroxylation is 1. The zero-order chi connectivity index (χ0) is 13.6. The SMILES string of the molecule is Cc1cc(NCCCCC(C)(C)C#N)ccc1F. The standard InChI is InChI=1S/C15H21FN2/c1-12-10-13(6-7-14(12)16)18-9-5-4-8-15(2,3)11-17/h6-7,10,18H,4-5,8-9H2,1-3H3. The largest absolute Gasteiger partial charge is 0.385 e. The minimum Gasteiger partial charge on any atom is -0.385 e. The van der Waals surface area contributed by atoms with Crippen LogP contribution in [0.3, 0.4) is 0 Å². The molecule has 1 rings (SSSR count). The molecule has 0 fully saturated rings. The summed E-state index contributed by atoms with van der Waals surface area (Å²) in [6.45, 7) is 6.54. The monoisotopic (exact) mass is 248 g/mol. The third-order valence-electron chi connectivity index (χ3n) is 3.02. The fraction of sp³-hybridized carbons (Fsp3) is 0.533. The highest BCUT2D eigenvalue weighted by Gasteiger charge is 2.15. The Kier molecular flexibility index (Phi) is 5.15. The van der Waals surface area contributed by atoms with E-state index in [-0.39, 0.29) is 11.2 Å². The van der Waals surface area contributed by atoms with E-state index in [1.807, 2.05) is 19.9 Å². The number of unbranched alkanes of at least 4 members (excludes halogenated alkanes) is 1. The van der Waals surface area contributed by atoms with Gasteiger partial charge in [-0.3, -0.25) is 0 Å². The summed E-state index contributed by atoms with van der Waals surface area (Å²) < 4.78 is 13.1. The summed E-state index contributed by atoms with van der Waals surface area (Å²) in [6, 6.07) is 7.35. The molecule has 1 aromatic carbocycles. The van der Waals surface area contributed by atoms with Crippen LogP contribution in [0.1, 0.15) is 38.7 Å². The fourth-order valence-corrected chi connectivity index (χ4v) is 1.74. The van der Waals surface area contributed by atoms with Crippen LogP contribution in [0.5, 0.6) is 0 Å². The number of nitrogens with one attached hydrogen (secondary N) is 1. The van der Waals surface area contributed by atoms with Gasteiger partial charge in [-0.2, -0.15) is 5.26 Å². The van der Waals surface area contributed by atoms with Gasteiger partial charge < -0.3 is 5.32 Å². The average molecular weight is 248 g/mol. The first-order valence-corrected chi connectivity index (χ1v) is 6.36. The first-order chi connectivity index (χ1) is 8.44. The molecule has 0 amide bonds. The smallest absolute Gasteiger partial charge is 0.126 e. The third kappa shape index (κ3) is 4.75. The van der Waals surface area contributed by atoms with E-state index in [0.717, 1.165) is 31.5 Å². The molecule has 0 saturated carbocycles. The van der Waals surface area contributed by atoms with Gasteiger partial charge >= 0.3 is 0 Å². The van der Waals surface area contributed by atoms with Crippen molar-refractivity contribution in [1.82, 2.24) is 0 Å². The van der Waals surface area contributed by atoms with E-state index in [1.165, 1.54) is 6.07 Å². The lowest BCUT2D eigenvalue weighted by Gasteiger charge is -2.14. The zero-order valence-corrected chi connectivity index (χ0v) is 11.4. The molecule has 18 heavy (non-hydrogen) atoms. The van der Waals surface area contributed by atoms with Gasteiger partial charge in [-0.1, -0.05) is 6.42 Å². The molecule has 0 unspecified atom stereocenters. The topological polar surface area (TPSA) is 35.8 Å². The molecular weight excluding hydrogens is 227 g/mol. The normalized spacial score (nSPS) is 11.1. The molecule has 0 bridgehead atoms. The molecule has 0 aliphatic carbocycles. The van der Waals surface area contributed by atoms with Crippen LogP contribution < -0.4 is 5.32 Å². The van der Waals surface area contributed by atoms with Crippen LogP contribution in [-0.4, -0.2) is 6.54 Å². The highest BCUT2D eigenvalue weighted by Crippen LogP contribution is 2.21. The van der Waals surface area contributed by atoms with E-state index in [9.17, 15) is 4.39 Å². The van der Waals surface area contributed by atoms with E-state index in [4.69, 9.17) is 5.26 Å². The molecule has 0 saturated heterocycles. The maximum absolute atomic E-state index is 13.1. The van der Waals surface area contributed by atoms with Crippen LogP contribution in [0.2, 0.25) is 0 Å². The van der Waals surface area contributed by atoms with Crippen LogP contribution in [0.15, 0.2) is 18.2 Å². The Hall–Kier alpha value is -1.56. The van der Waals surface area contributed by atoms with Crippen molar-refractivity contribution in [3.63, 3.8) is 0 Å². The first-order valence-electron chi connectivity index (χ1n) is 6.36. The van der Waals surface area contributed by atoms with Gasteiger partial charge in [-0.25, -0.2) is 4.39 Å². The predicted octanol–water partition coefficient (Wildman–Crippen LogP) is 4.27. The first kappa shape index (κ1) is 14.5. The van der Waals surface area contributed by atoms with E-state index in [1.54, 1.807) is 13.0 Å². The molecule has 1 aromatic rings. The molecule has 1 N–H and O–H groups in total. The molecule has 0 aliphatic heterocycles. The minimum atomic E-state index is -0.230. The Morgan fingerprint density at radius 3 is 2.67 bits per heavy atom. The predicted molar refractivity (Wildman–Crippen MR) is 72.9 cm³/mol. The van der Waals surface area contributed by atoms with E-state index in [0.29, 0.717) is 5.56 Å². The second-order valence-electron chi connectivity index (χ2n) is 5.34. The van der Waals surface area contributed by atoms with Gasteiger partial charge in [0.25, 0.3) is 0 Å². The molecule has 0 aliphatic rings. The van der Waals surface area contributed by atoms with E-state index >= 15 is 0 Å². The van der Waals surface area contributed by atoms with Crippen LogP contribution in [0.4, 0.5) is 10.1 Å². The van der Waals surface area contributed by atoms with Crippen LogP contribution >= 0.6 is 0 Å². The molecule has 0 heterocycles. The summed E-state index contributed by atoms with van der Waals surface area (Å²) in [5.41, 5.74) is 1.38. The maximum Gasteiger partial charge on any atom is 0.126 e. The second kappa shape index (κ2) is 6.39. The number of nitrogens with zero attached hydrogens (tertiary/aromatic N) is 1. The molecule has 0 aromatic heterocycles. The Morgan fingerprint density at radius 1 is 1.33 bits per heavy atom. The average Bonchev–Trinajstić information content (AvgIpc) is 2.33. The summed E-state index contributed by atoms with van der Waals surface area (Å²) in [7, 11) is 0. The van der Waals surface area contributed by atoms with Gasteiger partial charge in [-0.15, -0.1) is 0 Å². The van der Waals surface area contributed by atoms with Crippen LogP contribution in [0.25, 0.3) is 0 Å². The Morgan fingerprint density at radius 2 is 2.06 bits per heavy atom. The number of nitriles is 1. The summed E-state index contributed by atoms with van der Waals surface area (Å²) in [5.74, 6) is -0.170. The van der Waals surface area contributed by atoms with Crippen molar-refractivity contribution < 1.29 is 4.39 Å². The lowest BCUT2D eigenvalue weighted by Crippen LogP contribution is -2.09.